The molecule has 1 unspecified atom stereocenters. The number of likely N-dealkylation sites (tertiary alicyclic amines) is 1. The van der Waals surface area contributed by atoms with Gasteiger partial charge in [-0.15, -0.1) is 0 Å². The van der Waals surface area contributed by atoms with Crippen LogP contribution in [0.4, 0.5) is 0 Å². The van der Waals surface area contributed by atoms with Crippen LogP contribution in [0.5, 0.6) is 0 Å². The van der Waals surface area contributed by atoms with Gasteiger partial charge in [-0.25, -0.2) is 0 Å². The molecule has 3 heteroatoms. The molecule has 2 nitrogen and oxygen atoms in total. The average molecular weight is 270 g/mol. The molecular formula is C16H18N2S. The molecule has 0 spiro atoms. The Morgan fingerprint density at radius 3 is 3.11 bits per heavy atom. The summed E-state index contributed by atoms with van der Waals surface area (Å²) in [7, 11) is 0. The number of fused-ring (bicyclic) bond motifs is 1. The van der Waals surface area contributed by atoms with Crippen molar-refractivity contribution >= 4 is 17.8 Å². The number of nitrogens with zero attached hydrogens (tertiary/aromatic N) is 1. The van der Waals surface area contributed by atoms with E-state index in [1.165, 1.54) is 29.5 Å². The van der Waals surface area contributed by atoms with Crippen LogP contribution in [0.2, 0.25) is 0 Å². The molecule has 1 N–H and O–H groups in total. The maximum Gasteiger partial charge on any atom is 0.111 e. The Labute approximate surface area is 119 Å². The molecular weight excluding hydrogens is 252 g/mol. The number of rotatable bonds is 3. The van der Waals surface area contributed by atoms with Crippen LogP contribution in [-0.2, 0) is 0 Å². The maximum absolute atomic E-state index is 5.30. The molecule has 98 valence electrons. The number of hydrogen-bond acceptors (Lipinski definition) is 2. The quantitative estimate of drug-likeness (QED) is 0.674. The third kappa shape index (κ3) is 2.30. The van der Waals surface area contributed by atoms with E-state index in [4.69, 9.17) is 12.2 Å². The Kier molecular flexibility index (Phi) is 3.15. The van der Waals surface area contributed by atoms with Crippen LogP contribution in [0.3, 0.4) is 0 Å². The molecule has 2 aliphatic rings. The first kappa shape index (κ1) is 12.4. The monoisotopic (exact) mass is 270 g/mol. The van der Waals surface area contributed by atoms with E-state index >= 15 is 0 Å². The van der Waals surface area contributed by atoms with E-state index in [0.717, 1.165) is 23.4 Å². The summed E-state index contributed by atoms with van der Waals surface area (Å²) >= 11 is 5.30. The molecule has 1 aromatic heterocycles. The van der Waals surface area contributed by atoms with Crippen molar-refractivity contribution in [1.82, 2.24) is 9.88 Å². The van der Waals surface area contributed by atoms with E-state index < -0.39 is 0 Å². The summed E-state index contributed by atoms with van der Waals surface area (Å²) in [6.07, 6.45) is 8.61. The molecule has 19 heavy (non-hydrogen) atoms. The van der Waals surface area contributed by atoms with Gasteiger partial charge in [0, 0.05) is 30.5 Å². The normalized spacial score (nSPS) is 23.1. The number of aromatic nitrogens is 1. The molecule has 1 saturated heterocycles. The lowest BCUT2D eigenvalue weighted by Crippen LogP contribution is -2.33. The molecule has 1 atom stereocenters. The van der Waals surface area contributed by atoms with Gasteiger partial charge < -0.3 is 9.88 Å². The van der Waals surface area contributed by atoms with E-state index in [-0.39, 0.29) is 0 Å². The fourth-order valence-electron chi connectivity index (χ4n) is 2.85. The first-order valence-corrected chi connectivity index (χ1v) is 7.12. The molecule has 0 bridgehead atoms. The summed E-state index contributed by atoms with van der Waals surface area (Å²) in [4.78, 5) is 5.42. The van der Waals surface area contributed by atoms with Crippen LogP contribution in [0.25, 0.3) is 5.57 Å². The SMILES string of the molecule is C=CC(=C)N1CCCC(/C=C2\c3cc[nH]c(=S)c32)C1. The number of piperidine rings is 1. The number of nitrogens with one attached hydrogen (secondary N) is 1. The third-order valence-electron chi connectivity index (χ3n) is 3.96. The number of aromatic amines is 1. The van der Waals surface area contributed by atoms with Crippen LogP contribution in [0.15, 0.2) is 43.3 Å². The van der Waals surface area contributed by atoms with Crippen molar-refractivity contribution in [1.29, 1.82) is 0 Å². The predicted molar refractivity (Wildman–Crippen MR) is 82.3 cm³/mol. The van der Waals surface area contributed by atoms with Crippen molar-refractivity contribution in [3.05, 3.63) is 59.0 Å². The molecule has 1 aromatic rings. The van der Waals surface area contributed by atoms with E-state index in [0.29, 0.717) is 5.92 Å². The van der Waals surface area contributed by atoms with Crippen molar-refractivity contribution in [3.63, 3.8) is 0 Å². The third-order valence-corrected chi connectivity index (χ3v) is 4.28. The summed E-state index contributed by atoms with van der Waals surface area (Å²) in [5.41, 5.74) is 4.96. The smallest absolute Gasteiger partial charge is 0.111 e. The average Bonchev–Trinajstić information content (AvgIpc) is 3.13. The Morgan fingerprint density at radius 1 is 1.53 bits per heavy atom. The van der Waals surface area contributed by atoms with E-state index in [1.54, 1.807) is 0 Å². The van der Waals surface area contributed by atoms with Crippen molar-refractivity contribution in [2.45, 2.75) is 12.8 Å². The van der Waals surface area contributed by atoms with Gasteiger partial charge in [0.15, 0.2) is 0 Å². The van der Waals surface area contributed by atoms with Gasteiger partial charge in [0.05, 0.1) is 0 Å². The number of H-pyrrole nitrogens is 1. The van der Waals surface area contributed by atoms with Gasteiger partial charge in [0.2, 0.25) is 0 Å². The minimum atomic E-state index is 0.585. The highest BCUT2D eigenvalue weighted by Gasteiger charge is 2.28. The van der Waals surface area contributed by atoms with Crippen molar-refractivity contribution in [2.75, 3.05) is 13.1 Å². The Morgan fingerprint density at radius 2 is 2.37 bits per heavy atom. The van der Waals surface area contributed by atoms with Gasteiger partial charge in [0.25, 0.3) is 0 Å². The molecule has 2 heterocycles. The fraction of sp³-hybridized carbons (Fsp3) is 0.312. The van der Waals surface area contributed by atoms with Crippen molar-refractivity contribution < 1.29 is 0 Å². The zero-order chi connectivity index (χ0) is 13.4. The van der Waals surface area contributed by atoms with Gasteiger partial charge in [0.1, 0.15) is 4.64 Å². The van der Waals surface area contributed by atoms with Crippen LogP contribution in [0.1, 0.15) is 24.0 Å². The Hall–Kier alpha value is -1.61. The summed E-state index contributed by atoms with van der Waals surface area (Å²) < 4.78 is 0.868. The number of pyridine rings is 1. The maximum atomic E-state index is 5.30. The number of allylic oxidation sites excluding steroid dienone is 1. The van der Waals surface area contributed by atoms with Crippen molar-refractivity contribution in [2.24, 2.45) is 5.92 Å². The van der Waals surface area contributed by atoms with Crippen LogP contribution < -0.4 is 0 Å². The van der Waals surface area contributed by atoms with Gasteiger partial charge in [-0.05, 0) is 42.0 Å². The summed E-state index contributed by atoms with van der Waals surface area (Å²) in [5, 5.41) is 0. The largest absolute Gasteiger partial charge is 0.371 e. The van der Waals surface area contributed by atoms with Gasteiger partial charge in [-0.1, -0.05) is 31.5 Å². The minimum Gasteiger partial charge on any atom is -0.371 e. The van der Waals surface area contributed by atoms with Crippen LogP contribution >= 0.6 is 12.2 Å². The minimum absolute atomic E-state index is 0.585. The standard InChI is InChI=1S/C16H18N2S/c1-3-11(2)18-8-4-5-12(10-18)9-14-13-6-7-17-16(19)15(13)14/h3,6-7,9,12H,1-2,4-5,8,10H2,(H,17,19)/b14-9+. The molecule has 1 aliphatic heterocycles. The van der Waals surface area contributed by atoms with Crippen LogP contribution in [0, 0.1) is 10.6 Å². The van der Waals surface area contributed by atoms with E-state index in [1.807, 2.05) is 12.3 Å². The van der Waals surface area contributed by atoms with Crippen molar-refractivity contribution in [3.8, 4) is 0 Å². The van der Waals surface area contributed by atoms with Gasteiger partial charge in [-0.3, -0.25) is 0 Å². The van der Waals surface area contributed by atoms with Gasteiger partial charge in [-0.2, -0.15) is 0 Å². The van der Waals surface area contributed by atoms with E-state index in [2.05, 4.69) is 35.2 Å². The number of hydrogen-bond donors (Lipinski definition) is 1. The zero-order valence-corrected chi connectivity index (χ0v) is 11.8. The van der Waals surface area contributed by atoms with Gasteiger partial charge >= 0.3 is 0 Å². The first-order chi connectivity index (χ1) is 9.20. The second-order valence-corrected chi connectivity index (χ2v) is 5.63. The summed E-state index contributed by atoms with van der Waals surface area (Å²) in [6, 6.07) is 2.11. The highest BCUT2D eigenvalue weighted by atomic mass is 32.1. The molecule has 0 aromatic carbocycles. The molecule has 0 radical (unpaired) electrons. The molecule has 3 rings (SSSR count). The molecule has 0 saturated carbocycles. The molecule has 1 fully saturated rings. The highest BCUT2D eigenvalue weighted by molar-refractivity contribution is 7.71. The second-order valence-electron chi connectivity index (χ2n) is 5.22. The lowest BCUT2D eigenvalue weighted by atomic mass is 9.96. The first-order valence-electron chi connectivity index (χ1n) is 6.71. The fourth-order valence-corrected chi connectivity index (χ4v) is 3.14. The summed E-state index contributed by atoms with van der Waals surface area (Å²) in [5.74, 6) is 0.585. The Bertz CT molecular complexity index is 624. The summed E-state index contributed by atoms with van der Waals surface area (Å²) in [6.45, 7) is 9.98. The second kappa shape index (κ2) is 4.82. The lowest BCUT2D eigenvalue weighted by Gasteiger charge is -2.33. The molecule has 0 amide bonds. The zero-order valence-electron chi connectivity index (χ0n) is 11.0. The molecule has 1 aliphatic carbocycles. The predicted octanol–water partition coefficient (Wildman–Crippen LogP) is 3.90. The van der Waals surface area contributed by atoms with Crippen LogP contribution in [-0.4, -0.2) is 23.0 Å². The highest BCUT2D eigenvalue weighted by Crippen LogP contribution is 2.43. The Balaban J connectivity index is 1.75. The van der Waals surface area contributed by atoms with E-state index in [9.17, 15) is 0 Å². The topological polar surface area (TPSA) is 19.0 Å². The lowest BCUT2D eigenvalue weighted by molar-refractivity contribution is 0.253.